The highest BCUT2D eigenvalue weighted by molar-refractivity contribution is 8.76. The van der Waals surface area contributed by atoms with Crippen molar-refractivity contribution in [1.82, 2.24) is 10.3 Å². The van der Waals surface area contributed by atoms with E-state index in [2.05, 4.69) is 10.3 Å². The normalized spacial score (nSPS) is 37.7. The number of allylic oxidation sites excluding steroid dienone is 3. The number of nitrogens with one attached hydrogen (secondary N) is 1. The molecule has 11 heteroatoms. The molecule has 1 fully saturated rings. The highest BCUT2D eigenvalue weighted by Gasteiger charge is 2.63. The number of carbonyl (C=O) groups excluding carboxylic acids is 3. The quantitative estimate of drug-likeness (QED) is 0.358. The molecule has 2 bridgehead atoms. The summed E-state index contributed by atoms with van der Waals surface area (Å²) in [5, 5.41) is 25.8. The minimum Gasteiger partial charge on any atom is -0.381 e. The number of aliphatic hydroxyl groups is 2. The van der Waals surface area contributed by atoms with Gasteiger partial charge in [-0.05, 0) is 51.8 Å². The Kier molecular flexibility index (Phi) is 7.90. The van der Waals surface area contributed by atoms with Crippen LogP contribution < -0.4 is 5.32 Å². The van der Waals surface area contributed by atoms with Crippen LogP contribution in [0.1, 0.15) is 56.8 Å². The van der Waals surface area contributed by atoms with Crippen LogP contribution in [0.15, 0.2) is 35.3 Å². The molecule has 0 saturated carbocycles. The molecule has 1 amide bonds. The second-order valence-corrected chi connectivity index (χ2v) is 12.4. The maximum Gasteiger partial charge on any atom is 0.234 e. The third-order valence-corrected chi connectivity index (χ3v) is 10.8. The maximum absolute atomic E-state index is 13.0. The van der Waals surface area contributed by atoms with Crippen LogP contribution in [0, 0.1) is 0 Å². The minimum atomic E-state index is -1.99. The van der Waals surface area contributed by atoms with Crippen molar-refractivity contribution in [3.63, 3.8) is 0 Å². The first-order chi connectivity index (χ1) is 15.5. The van der Waals surface area contributed by atoms with Crippen molar-refractivity contribution in [2.24, 2.45) is 0 Å². The van der Waals surface area contributed by atoms with Gasteiger partial charge < -0.3 is 15.5 Å². The predicted molar refractivity (Wildman–Crippen MR) is 130 cm³/mol. The molecule has 1 unspecified atom stereocenters. The SMILES string of the molecule is C/C1=C/[C@@H](O)C(=O)/C=C\C=C\c2csc(n2)[C@@H](C)NC(=O)C[C@@]2(CC1)S(=O)SC(=O)[C@]2(C)O. The number of carbonyl (C=O) groups is 3. The molecule has 2 aliphatic heterocycles. The van der Waals surface area contributed by atoms with Gasteiger partial charge in [0.15, 0.2) is 5.78 Å². The molecule has 1 aromatic rings. The molecule has 8 nitrogen and oxygen atoms in total. The summed E-state index contributed by atoms with van der Waals surface area (Å²) in [5.74, 6) is -0.969. The Morgan fingerprint density at radius 1 is 1.24 bits per heavy atom. The molecule has 33 heavy (non-hydrogen) atoms. The van der Waals surface area contributed by atoms with Crippen molar-refractivity contribution in [1.29, 1.82) is 0 Å². The van der Waals surface area contributed by atoms with Crippen molar-refractivity contribution >= 4 is 54.8 Å². The average Bonchev–Trinajstić information content (AvgIpc) is 3.27. The summed E-state index contributed by atoms with van der Waals surface area (Å²) in [4.78, 5) is 42.0. The summed E-state index contributed by atoms with van der Waals surface area (Å²) in [5.41, 5.74) is -0.732. The highest BCUT2D eigenvalue weighted by Crippen LogP contribution is 2.50. The Balaban J connectivity index is 1.99. The zero-order valence-electron chi connectivity index (χ0n) is 18.4. The van der Waals surface area contributed by atoms with Gasteiger partial charge in [0.1, 0.15) is 21.5 Å². The van der Waals surface area contributed by atoms with E-state index in [-0.39, 0.29) is 19.3 Å². The van der Waals surface area contributed by atoms with Gasteiger partial charge in [0, 0.05) is 22.6 Å². The number of aromatic nitrogens is 1. The van der Waals surface area contributed by atoms with Gasteiger partial charge in [0.05, 0.1) is 21.6 Å². The van der Waals surface area contributed by atoms with Crippen LogP contribution in [-0.2, 0) is 24.2 Å². The van der Waals surface area contributed by atoms with E-state index in [4.69, 9.17) is 0 Å². The van der Waals surface area contributed by atoms with Crippen molar-refractivity contribution in [3.8, 4) is 0 Å². The van der Waals surface area contributed by atoms with Crippen molar-refractivity contribution in [2.75, 3.05) is 0 Å². The number of hydrogen-bond acceptors (Lipinski definition) is 9. The molecular weight excluding hydrogens is 484 g/mol. The van der Waals surface area contributed by atoms with Gasteiger partial charge >= 0.3 is 0 Å². The molecule has 0 aliphatic carbocycles. The molecule has 3 rings (SSSR count). The Labute approximate surface area is 202 Å². The lowest BCUT2D eigenvalue weighted by Crippen LogP contribution is -2.55. The van der Waals surface area contributed by atoms with Crippen LogP contribution in [0.2, 0.25) is 0 Å². The summed E-state index contributed by atoms with van der Waals surface area (Å²) in [7, 11) is -1.33. The monoisotopic (exact) mass is 510 g/mol. The van der Waals surface area contributed by atoms with E-state index in [0.717, 1.165) is 0 Å². The Bertz CT molecular complexity index is 1070. The van der Waals surface area contributed by atoms with Gasteiger partial charge in [-0.15, -0.1) is 11.3 Å². The van der Waals surface area contributed by atoms with Crippen molar-refractivity contribution < 1.29 is 28.8 Å². The molecule has 178 valence electrons. The van der Waals surface area contributed by atoms with Gasteiger partial charge in [0.2, 0.25) is 11.0 Å². The third kappa shape index (κ3) is 5.43. The van der Waals surface area contributed by atoms with E-state index < -0.39 is 49.1 Å². The molecule has 1 spiro atoms. The standard InChI is InChI=1S/C22H26N2O6S3/c1-13-8-9-22(21(3,29)20(28)32-33(22)30)11-18(27)23-14(2)19-24-15(12-31-19)6-4-5-7-16(25)17(26)10-13/h4-7,10,12,14,17,26,29H,8-9,11H2,1-3H3,(H,23,27)/b6-4+,7-5-,13-10-/t14-,17-,21+,22-,33?/m1/s1. The van der Waals surface area contributed by atoms with E-state index in [0.29, 0.717) is 27.1 Å². The first-order valence-corrected chi connectivity index (χ1v) is 13.7. The average molecular weight is 511 g/mol. The number of hydrogen-bond donors (Lipinski definition) is 3. The molecule has 3 heterocycles. The second kappa shape index (κ2) is 10.1. The topological polar surface area (TPSA) is 134 Å². The van der Waals surface area contributed by atoms with Crippen LogP contribution in [0.5, 0.6) is 0 Å². The molecule has 1 aromatic heterocycles. The summed E-state index contributed by atoms with van der Waals surface area (Å²) >= 11 is 1.35. The Morgan fingerprint density at radius 3 is 2.61 bits per heavy atom. The lowest BCUT2D eigenvalue weighted by Gasteiger charge is -2.36. The van der Waals surface area contributed by atoms with Crippen molar-refractivity contribution in [3.05, 3.63) is 46.0 Å². The van der Waals surface area contributed by atoms with E-state index in [9.17, 15) is 28.8 Å². The van der Waals surface area contributed by atoms with Gasteiger partial charge in [-0.2, -0.15) is 0 Å². The van der Waals surface area contributed by atoms with Crippen molar-refractivity contribution in [2.45, 2.75) is 62.5 Å². The van der Waals surface area contributed by atoms with Crippen LogP contribution in [-0.4, -0.2) is 52.7 Å². The number of nitrogens with zero attached hydrogens (tertiary/aromatic N) is 1. The molecule has 2 aliphatic rings. The lowest BCUT2D eigenvalue weighted by atomic mass is 9.81. The predicted octanol–water partition coefficient (Wildman–Crippen LogP) is 2.38. The molecule has 5 atom stereocenters. The first-order valence-electron chi connectivity index (χ1n) is 10.3. The summed E-state index contributed by atoms with van der Waals surface area (Å²) < 4.78 is 11.5. The third-order valence-electron chi connectivity index (χ3n) is 5.78. The summed E-state index contributed by atoms with van der Waals surface area (Å²) in [6.07, 6.45) is 6.07. The van der Waals surface area contributed by atoms with E-state index >= 15 is 0 Å². The zero-order chi connectivity index (χ0) is 24.4. The molecule has 3 N–H and O–H groups in total. The number of ketones is 1. The largest absolute Gasteiger partial charge is 0.381 e. The van der Waals surface area contributed by atoms with Crippen LogP contribution in [0.4, 0.5) is 0 Å². The van der Waals surface area contributed by atoms with Gasteiger partial charge in [0.25, 0.3) is 0 Å². The highest BCUT2D eigenvalue weighted by atomic mass is 33.1. The minimum absolute atomic E-state index is 0.0520. The summed E-state index contributed by atoms with van der Waals surface area (Å²) in [6.45, 7) is 4.75. The van der Waals surface area contributed by atoms with Gasteiger partial charge in [-0.25, -0.2) is 9.19 Å². The lowest BCUT2D eigenvalue weighted by molar-refractivity contribution is -0.132. The van der Waals surface area contributed by atoms with Crippen LogP contribution in [0.3, 0.4) is 0 Å². The number of amides is 1. The van der Waals surface area contributed by atoms with Gasteiger partial charge in [-0.1, -0.05) is 17.7 Å². The fourth-order valence-electron chi connectivity index (χ4n) is 3.65. The maximum atomic E-state index is 13.0. The van der Waals surface area contributed by atoms with Crippen LogP contribution >= 0.6 is 22.1 Å². The van der Waals surface area contributed by atoms with E-state index in [1.807, 2.05) is 0 Å². The fourth-order valence-corrected chi connectivity index (χ4v) is 8.39. The number of fused-ring (bicyclic) bond motifs is 2. The smallest absolute Gasteiger partial charge is 0.234 e. The molecule has 1 saturated heterocycles. The molecule has 0 radical (unpaired) electrons. The van der Waals surface area contributed by atoms with E-state index in [1.54, 1.807) is 31.4 Å². The first kappa shape index (κ1) is 25.7. The fraction of sp³-hybridized carbons (Fsp3) is 0.455. The number of rotatable bonds is 0. The zero-order valence-corrected chi connectivity index (χ0v) is 20.9. The summed E-state index contributed by atoms with van der Waals surface area (Å²) in [6, 6.07) is -0.433. The molecular formula is C22H26N2O6S3. The molecule has 0 aromatic carbocycles. The number of aliphatic hydroxyl groups excluding tert-OH is 1. The Hall–Kier alpha value is -1.92. The van der Waals surface area contributed by atoms with Crippen LogP contribution in [0.25, 0.3) is 6.08 Å². The second-order valence-electron chi connectivity index (χ2n) is 8.33. The van der Waals surface area contributed by atoms with E-state index in [1.165, 1.54) is 36.5 Å². The number of thiazole rings is 1. The Morgan fingerprint density at radius 2 is 1.94 bits per heavy atom. The van der Waals surface area contributed by atoms with Gasteiger partial charge in [-0.3, -0.25) is 14.4 Å².